The van der Waals surface area contributed by atoms with Crippen molar-refractivity contribution in [3.63, 3.8) is 0 Å². The largest absolute Gasteiger partial charge is 0.481 e. The molecular weight excluding hydrogens is 246 g/mol. The van der Waals surface area contributed by atoms with E-state index in [1.165, 1.54) is 6.20 Å². The van der Waals surface area contributed by atoms with Gasteiger partial charge in [-0.05, 0) is 18.6 Å². The predicted octanol–water partition coefficient (Wildman–Crippen LogP) is 1.68. The maximum absolute atomic E-state index is 11.8. The second kappa shape index (κ2) is 5.81. The molecule has 0 aliphatic carbocycles. The standard InChI is InChI=1S/C13H13N3O3/c17-11(18)7-6-10-8-14-13(15-10)16-12(19)9-4-2-1-3-5-9/h1-5,8H,6-7H2,(H,17,18)(H2,14,15,16,19). The Balaban J connectivity index is 1.96. The van der Waals surface area contributed by atoms with Gasteiger partial charge < -0.3 is 10.1 Å². The number of nitrogens with zero attached hydrogens (tertiary/aromatic N) is 1. The van der Waals surface area contributed by atoms with Gasteiger partial charge in [-0.3, -0.25) is 14.9 Å². The van der Waals surface area contributed by atoms with Crippen molar-refractivity contribution in [3.8, 4) is 0 Å². The average molecular weight is 259 g/mol. The molecule has 0 saturated heterocycles. The predicted molar refractivity (Wildman–Crippen MR) is 68.9 cm³/mol. The average Bonchev–Trinajstić information content (AvgIpc) is 2.85. The molecule has 1 amide bonds. The zero-order valence-electron chi connectivity index (χ0n) is 10.1. The van der Waals surface area contributed by atoms with Gasteiger partial charge in [0.05, 0.1) is 12.6 Å². The molecule has 0 aliphatic rings. The zero-order chi connectivity index (χ0) is 13.7. The topological polar surface area (TPSA) is 95.1 Å². The normalized spacial score (nSPS) is 10.1. The second-order valence-corrected chi connectivity index (χ2v) is 3.97. The highest BCUT2D eigenvalue weighted by molar-refractivity contribution is 6.03. The molecule has 98 valence electrons. The first-order valence-electron chi connectivity index (χ1n) is 5.77. The fourth-order valence-electron chi connectivity index (χ4n) is 1.56. The van der Waals surface area contributed by atoms with E-state index in [1.807, 2.05) is 6.07 Å². The van der Waals surface area contributed by atoms with Crippen LogP contribution >= 0.6 is 0 Å². The molecule has 2 aromatic rings. The molecule has 0 atom stereocenters. The Morgan fingerprint density at radius 1 is 1.26 bits per heavy atom. The molecule has 1 aromatic carbocycles. The van der Waals surface area contributed by atoms with Crippen molar-refractivity contribution in [1.82, 2.24) is 9.97 Å². The number of carbonyl (C=O) groups is 2. The van der Waals surface area contributed by atoms with Gasteiger partial charge in [-0.2, -0.15) is 0 Å². The van der Waals surface area contributed by atoms with Gasteiger partial charge in [0.25, 0.3) is 5.91 Å². The number of carboxylic acid groups (broad SMARTS) is 1. The number of benzene rings is 1. The number of carbonyl (C=O) groups excluding carboxylic acids is 1. The Hall–Kier alpha value is -2.63. The van der Waals surface area contributed by atoms with Gasteiger partial charge in [0.15, 0.2) is 0 Å². The number of anilines is 1. The van der Waals surface area contributed by atoms with Crippen molar-refractivity contribution in [2.45, 2.75) is 12.8 Å². The molecule has 0 unspecified atom stereocenters. The molecule has 0 bridgehead atoms. The van der Waals surface area contributed by atoms with Crippen LogP contribution in [0.2, 0.25) is 0 Å². The first kappa shape index (κ1) is 12.8. The molecule has 2 rings (SSSR count). The lowest BCUT2D eigenvalue weighted by Gasteiger charge is -2.01. The van der Waals surface area contributed by atoms with Crippen molar-refractivity contribution in [2.24, 2.45) is 0 Å². The van der Waals surface area contributed by atoms with Gasteiger partial charge in [0.2, 0.25) is 5.95 Å². The van der Waals surface area contributed by atoms with Crippen LogP contribution in [0.1, 0.15) is 22.5 Å². The molecule has 0 saturated carbocycles. The van der Waals surface area contributed by atoms with Crippen LogP contribution in [0.3, 0.4) is 0 Å². The highest BCUT2D eigenvalue weighted by Gasteiger charge is 2.08. The first-order chi connectivity index (χ1) is 9.15. The summed E-state index contributed by atoms with van der Waals surface area (Å²) < 4.78 is 0. The smallest absolute Gasteiger partial charge is 0.303 e. The van der Waals surface area contributed by atoms with Crippen molar-refractivity contribution >= 4 is 17.8 Å². The molecule has 0 fully saturated rings. The molecule has 1 heterocycles. The molecule has 6 heteroatoms. The summed E-state index contributed by atoms with van der Waals surface area (Å²) >= 11 is 0. The third-order valence-corrected chi connectivity index (χ3v) is 2.50. The summed E-state index contributed by atoms with van der Waals surface area (Å²) in [5.74, 6) is -0.821. The van der Waals surface area contributed by atoms with Gasteiger partial charge in [-0.15, -0.1) is 0 Å². The minimum absolute atomic E-state index is 0.0221. The van der Waals surface area contributed by atoms with Crippen molar-refractivity contribution in [1.29, 1.82) is 0 Å². The molecule has 0 spiro atoms. The summed E-state index contributed by atoms with van der Waals surface area (Å²) in [7, 11) is 0. The third kappa shape index (κ3) is 3.67. The van der Waals surface area contributed by atoms with Gasteiger partial charge in [0.1, 0.15) is 0 Å². The molecule has 6 nitrogen and oxygen atoms in total. The fraction of sp³-hybridized carbons (Fsp3) is 0.154. The van der Waals surface area contributed by atoms with Gasteiger partial charge >= 0.3 is 5.97 Å². The number of carboxylic acids is 1. The van der Waals surface area contributed by atoms with Crippen LogP contribution in [0.25, 0.3) is 0 Å². The summed E-state index contributed by atoms with van der Waals surface area (Å²) in [6, 6.07) is 8.77. The summed E-state index contributed by atoms with van der Waals surface area (Å²) in [5, 5.41) is 11.2. The summed E-state index contributed by atoms with van der Waals surface area (Å²) in [4.78, 5) is 29.1. The molecule has 0 aliphatic heterocycles. The lowest BCUT2D eigenvalue weighted by atomic mass is 10.2. The SMILES string of the molecule is O=C(O)CCc1cnc(NC(=O)c2ccccc2)[nH]1. The van der Waals surface area contributed by atoms with E-state index in [4.69, 9.17) is 5.11 Å². The Bertz CT molecular complexity index is 578. The number of aryl methyl sites for hydroxylation is 1. The number of imidazole rings is 1. The number of hydrogen-bond donors (Lipinski definition) is 3. The number of amides is 1. The maximum atomic E-state index is 11.8. The van der Waals surface area contributed by atoms with Crippen molar-refractivity contribution in [3.05, 3.63) is 47.8 Å². The number of aromatic nitrogens is 2. The van der Waals surface area contributed by atoms with Crippen molar-refractivity contribution in [2.75, 3.05) is 5.32 Å². The highest BCUT2D eigenvalue weighted by atomic mass is 16.4. The molecular formula is C13H13N3O3. The third-order valence-electron chi connectivity index (χ3n) is 2.50. The van der Waals surface area contributed by atoms with E-state index in [-0.39, 0.29) is 12.3 Å². The zero-order valence-corrected chi connectivity index (χ0v) is 10.1. The molecule has 0 radical (unpaired) electrons. The first-order valence-corrected chi connectivity index (χ1v) is 5.77. The number of aromatic amines is 1. The molecule has 19 heavy (non-hydrogen) atoms. The summed E-state index contributed by atoms with van der Waals surface area (Å²) in [6.07, 6.45) is 1.89. The number of rotatable bonds is 5. The van der Waals surface area contributed by atoms with Crippen LogP contribution in [0.15, 0.2) is 36.5 Å². The maximum Gasteiger partial charge on any atom is 0.303 e. The van der Waals surface area contributed by atoms with Crippen LogP contribution in [0.5, 0.6) is 0 Å². The Labute approximate surface area is 109 Å². The number of H-pyrrole nitrogens is 1. The summed E-state index contributed by atoms with van der Waals surface area (Å²) in [5.41, 5.74) is 1.21. The van der Waals surface area contributed by atoms with Crippen LogP contribution in [-0.4, -0.2) is 27.0 Å². The van der Waals surface area contributed by atoms with E-state index in [1.54, 1.807) is 24.3 Å². The Morgan fingerprint density at radius 3 is 2.68 bits per heavy atom. The van der Waals surface area contributed by atoms with Gasteiger partial charge in [0, 0.05) is 11.3 Å². The lowest BCUT2D eigenvalue weighted by molar-refractivity contribution is -0.136. The fourth-order valence-corrected chi connectivity index (χ4v) is 1.56. The number of aliphatic carboxylic acids is 1. The number of nitrogens with one attached hydrogen (secondary N) is 2. The van der Waals surface area contributed by atoms with Crippen LogP contribution in [-0.2, 0) is 11.2 Å². The van der Waals surface area contributed by atoms with E-state index >= 15 is 0 Å². The van der Waals surface area contributed by atoms with Crippen LogP contribution in [0, 0.1) is 0 Å². The second-order valence-electron chi connectivity index (χ2n) is 3.97. The van der Waals surface area contributed by atoms with E-state index in [2.05, 4.69) is 15.3 Å². The Morgan fingerprint density at radius 2 is 2.00 bits per heavy atom. The van der Waals surface area contributed by atoms with Crippen LogP contribution in [0.4, 0.5) is 5.95 Å². The molecule has 1 aromatic heterocycles. The van der Waals surface area contributed by atoms with Gasteiger partial charge in [-0.25, -0.2) is 4.98 Å². The molecule has 3 N–H and O–H groups in total. The Kier molecular flexibility index (Phi) is 3.92. The minimum Gasteiger partial charge on any atom is -0.481 e. The van der Waals surface area contributed by atoms with E-state index < -0.39 is 5.97 Å². The van der Waals surface area contributed by atoms with E-state index in [0.717, 1.165) is 0 Å². The van der Waals surface area contributed by atoms with E-state index in [9.17, 15) is 9.59 Å². The quantitative estimate of drug-likeness (QED) is 0.761. The minimum atomic E-state index is -0.871. The monoisotopic (exact) mass is 259 g/mol. The van der Waals surface area contributed by atoms with Gasteiger partial charge in [-0.1, -0.05) is 18.2 Å². The van der Waals surface area contributed by atoms with Crippen LogP contribution < -0.4 is 5.32 Å². The van der Waals surface area contributed by atoms with Crippen molar-refractivity contribution < 1.29 is 14.7 Å². The van der Waals surface area contributed by atoms with E-state index in [0.29, 0.717) is 23.6 Å². The summed E-state index contributed by atoms with van der Waals surface area (Å²) in [6.45, 7) is 0. The number of hydrogen-bond acceptors (Lipinski definition) is 3. The lowest BCUT2D eigenvalue weighted by Crippen LogP contribution is -2.12. The highest BCUT2D eigenvalue weighted by Crippen LogP contribution is 2.07.